The van der Waals surface area contributed by atoms with Gasteiger partial charge in [-0.25, -0.2) is 0 Å². The van der Waals surface area contributed by atoms with Gasteiger partial charge in [-0.3, -0.25) is 0 Å². The average molecular weight is 233 g/mol. The normalized spacial score (nSPS) is 16.6. The molecular formula is C11H27NO2Si. The molecule has 0 aromatic heterocycles. The molecule has 0 bridgehead atoms. The first-order valence-electron chi connectivity index (χ1n) is 5.83. The molecule has 0 aromatic carbocycles. The minimum absolute atomic E-state index is 0.137. The molecule has 0 amide bonds. The van der Waals surface area contributed by atoms with Crippen molar-refractivity contribution < 1.29 is 9.47 Å². The van der Waals surface area contributed by atoms with Crippen LogP contribution >= 0.6 is 0 Å². The second-order valence-corrected chi connectivity index (χ2v) is 6.96. The Kier molecular flexibility index (Phi) is 6.67. The SMILES string of the molecule is CCCCCOC(N)([SiH3])COC(C)(C)C. The lowest BCUT2D eigenvalue weighted by atomic mass is 10.2. The molecule has 2 N–H and O–H groups in total. The maximum absolute atomic E-state index is 6.02. The van der Waals surface area contributed by atoms with E-state index < -0.39 is 5.35 Å². The minimum atomic E-state index is -0.527. The second kappa shape index (κ2) is 6.63. The van der Waals surface area contributed by atoms with Gasteiger partial charge in [0.05, 0.1) is 22.5 Å². The van der Waals surface area contributed by atoms with E-state index >= 15 is 0 Å². The molecule has 0 aliphatic carbocycles. The van der Waals surface area contributed by atoms with Crippen molar-refractivity contribution in [2.45, 2.75) is 57.9 Å². The van der Waals surface area contributed by atoms with Gasteiger partial charge in [-0.2, -0.15) is 0 Å². The molecule has 0 radical (unpaired) electrons. The third-order valence-electron chi connectivity index (χ3n) is 1.97. The highest BCUT2D eigenvalue weighted by molar-refractivity contribution is 6.14. The average Bonchev–Trinajstić information content (AvgIpc) is 2.09. The van der Waals surface area contributed by atoms with Crippen molar-refractivity contribution in [1.82, 2.24) is 0 Å². The van der Waals surface area contributed by atoms with Crippen molar-refractivity contribution in [3.63, 3.8) is 0 Å². The third-order valence-corrected chi connectivity index (χ3v) is 2.55. The summed E-state index contributed by atoms with van der Waals surface area (Å²) < 4.78 is 11.3. The van der Waals surface area contributed by atoms with Crippen LogP contribution in [0.15, 0.2) is 0 Å². The Morgan fingerprint density at radius 3 is 2.20 bits per heavy atom. The van der Waals surface area contributed by atoms with E-state index in [1.165, 1.54) is 12.8 Å². The van der Waals surface area contributed by atoms with Crippen LogP contribution in [-0.4, -0.2) is 34.4 Å². The Morgan fingerprint density at radius 1 is 1.13 bits per heavy atom. The summed E-state index contributed by atoms with van der Waals surface area (Å²) in [5, 5.41) is -0.527. The molecule has 1 atom stereocenters. The predicted octanol–water partition coefficient (Wildman–Crippen LogP) is 0.986. The number of nitrogens with two attached hydrogens (primary N) is 1. The highest BCUT2D eigenvalue weighted by Crippen LogP contribution is 2.10. The fourth-order valence-corrected chi connectivity index (χ4v) is 1.41. The molecule has 0 saturated carbocycles. The number of ether oxygens (including phenoxy) is 2. The van der Waals surface area contributed by atoms with Crippen LogP contribution in [-0.2, 0) is 9.47 Å². The zero-order valence-corrected chi connectivity index (χ0v) is 12.9. The number of unbranched alkanes of at least 4 members (excludes halogenated alkanes) is 2. The first-order chi connectivity index (χ1) is 6.77. The number of rotatable bonds is 7. The van der Waals surface area contributed by atoms with Gasteiger partial charge in [0.15, 0.2) is 0 Å². The number of hydrogen-bond acceptors (Lipinski definition) is 3. The summed E-state index contributed by atoms with van der Waals surface area (Å²) in [7, 11) is 0.790. The van der Waals surface area contributed by atoms with Gasteiger partial charge in [-0.05, 0) is 27.2 Å². The molecule has 1 unspecified atom stereocenters. The van der Waals surface area contributed by atoms with Crippen molar-refractivity contribution in [3.05, 3.63) is 0 Å². The van der Waals surface area contributed by atoms with Crippen LogP contribution in [0.4, 0.5) is 0 Å². The zero-order chi connectivity index (χ0) is 11.9. The van der Waals surface area contributed by atoms with Gasteiger partial charge in [-0.1, -0.05) is 19.8 Å². The van der Waals surface area contributed by atoms with Gasteiger partial charge in [0, 0.05) is 6.61 Å². The maximum Gasteiger partial charge on any atom is 0.115 e. The lowest BCUT2D eigenvalue weighted by Crippen LogP contribution is -2.49. The topological polar surface area (TPSA) is 44.5 Å². The smallest absolute Gasteiger partial charge is 0.115 e. The highest BCUT2D eigenvalue weighted by atomic mass is 28.1. The highest BCUT2D eigenvalue weighted by Gasteiger charge is 2.22. The van der Waals surface area contributed by atoms with Crippen LogP contribution in [0.1, 0.15) is 47.0 Å². The fraction of sp³-hybridized carbons (Fsp3) is 1.00. The second-order valence-electron chi connectivity index (χ2n) is 5.27. The Balaban J connectivity index is 3.67. The Bertz CT molecular complexity index is 166. The quantitative estimate of drug-likeness (QED) is 0.405. The molecule has 92 valence electrons. The molecule has 15 heavy (non-hydrogen) atoms. The van der Waals surface area contributed by atoms with Crippen molar-refractivity contribution >= 4 is 10.2 Å². The Labute approximate surface area is 97.1 Å². The van der Waals surface area contributed by atoms with Crippen LogP contribution in [0.2, 0.25) is 0 Å². The summed E-state index contributed by atoms with van der Waals surface area (Å²) in [6.45, 7) is 9.51. The summed E-state index contributed by atoms with van der Waals surface area (Å²) >= 11 is 0. The molecule has 0 heterocycles. The van der Waals surface area contributed by atoms with Crippen LogP contribution in [0, 0.1) is 0 Å². The van der Waals surface area contributed by atoms with Crippen molar-refractivity contribution in [2.24, 2.45) is 5.73 Å². The van der Waals surface area contributed by atoms with Crippen LogP contribution < -0.4 is 5.73 Å². The van der Waals surface area contributed by atoms with Crippen LogP contribution in [0.5, 0.6) is 0 Å². The molecule has 0 aliphatic heterocycles. The van der Waals surface area contributed by atoms with E-state index in [9.17, 15) is 0 Å². The monoisotopic (exact) mass is 233 g/mol. The Morgan fingerprint density at radius 2 is 1.73 bits per heavy atom. The molecular weight excluding hydrogens is 206 g/mol. The van der Waals surface area contributed by atoms with Gasteiger partial charge in [0.2, 0.25) is 0 Å². The van der Waals surface area contributed by atoms with Gasteiger partial charge < -0.3 is 15.2 Å². The Hall–Kier alpha value is 0.0969. The molecule has 3 nitrogen and oxygen atoms in total. The van der Waals surface area contributed by atoms with Crippen molar-refractivity contribution in [3.8, 4) is 0 Å². The standard InChI is InChI=1S/C11H27NO2Si/c1-5-6-7-8-13-11(12,15)9-14-10(2,3)4/h5-9,12H2,1-4,15H3. The minimum Gasteiger partial charge on any atom is -0.372 e. The van der Waals surface area contributed by atoms with E-state index in [-0.39, 0.29) is 5.60 Å². The van der Waals surface area contributed by atoms with E-state index in [0.29, 0.717) is 6.61 Å². The van der Waals surface area contributed by atoms with Gasteiger partial charge in [0.25, 0.3) is 0 Å². The lowest BCUT2D eigenvalue weighted by molar-refractivity contribution is -0.0904. The largest absolute Gasteiger partial charge is 0.372 e. The first-order valence-corrected chi connectivity index (χ1v) is 6.83. The summed E-state index contributed by atoms with van der Waals surface area (Å²) in [6.07, 6.45) is 3.51. The van der Waals surface area contributed by atoms with Crippen LogP contribution in [0.3, 0.4) is 0 Å². The summed E-state index contributed by atoms with van der Waals surface area (Å²) in [5.41, 5.74) is 5.88. The summed E-state index contributed by atoms with van der Waals surface area (Å²) in [4.78, 5) is 0. The summed E-state index contributed by atoms with van der Waals surface area (Å²) in [6, 6.07) is 0. The van der Waals surface area contributed by atoms with Gasteiger partial charge >= 0.3 is 0 Å². The lowest BCUT2D eigenvalue weighted by Gasteiger charge is -2.30. The third kappa shape index (κ3) is 10.4. The summed E-state index contributed by atoms with van der Waals surface area (Å²) in [5.74, 6) is 0. The molecule has 0 aromatic rings. The molecule has 0 aliphatic rings. The van der Waals surface area contributed by atoms with E-state index in [1.54, 1.807) is 0 Å². The predicted molar refractivity (Wildman–Crippen MR) is 68.0 cm³/mol. The van der Waals surface area contributed by atoms with Gasteiger partial charge in [0.1, 0.15) is 5.35 Å². The molecule has 4 heteroatoms. The number of hydrogen-bond donors (Lipinski definition) is 1. The van der Waals surface area contributed by atoms with Crippen molar-refractivity contribution in [2.75, 3.05) is 13.2 Å². The molecule has 0 spiro atoms. The van der Waals surface area contributed by atoms with E-state index in [0.717, 1.165) is 23.3 Å². The van der Waals surface area contributed by atoms with E-state index in [4.69, 9.17) is 15.2 Å². The molecule has 0 saturated heterocycles. The molecule has 0 fully saturated rings. The zero-order valence-electron chi connectivity index (χ0n) is 10.9. The van der Waals surface area contributed by atoms with Gasteiger partial charge in [-0.15, -0.1) is 0 Å². The van der Waals surface area contributed by atoms with E-state index in [1.807, 2.05) is 20.8 Å². The van der Waals surface area contributed by atoms with Crippen molar-refractivity contribution in [1.29, 1.82) is 0 Å². The van der Waals surface area contributed by atoms with Crippen LogP contribution in [0.25, 0.3) is 0 Å². The maximum atomic E-state index is 6.02. The van der Waals surface area contributed by atoms with E-state index in [2.05, 4.69) is 6.92 Å². The molecule has 0 rings (SSSR count). The first kappa shape index (κ1) is 15.1. The fourth-order valence-electron chi connectivity index (χ4n) is 1.06.